The summed E-state index contributed by atoms with van der Waals surface area (Å²) in [6.45, 7) is 0. The third-order valence-corrected chi connectivity index (χ3v) is 3.11. The van der Waals surface area contributed by atoms with Crippen LogP contribution in [0.1, 0.15) is 11.1 Å². The van der Waals surface area contributed by atoms with E-state index in [1.165, 1.54) is 0 Å². The molecule has 3 rings (SSSR count). The predicted octanol–water partition coefficient (Wildman–Crippen LogP) is 4.22. The lowest BCUT2D eigenvalue weighted by molar-refractivity contribution is -0.132. The highest BCUT2D eigenvalue weighted by Gasteiger charge is 2.18. The molecule has 0 unspecified atom stereocenters. The highest BCUT2D eigenvalue weighted by Crippen LogP contribution is 2.21. The Labute approximate surface area is 123 Å². The Balaban J connectivity index is 1.80. The Morgan fingerprint density at radius 3 is 2.05 bits per heavy atom. The van der Waals surface area contributed by atoms with Gasteiger partial charge in [0.05, 0.1) is 5.57 Å². The number of hydrogen-bond acceptors (Lipinski definition) is 2. The Bertz CT molecular complexity index is 723. The van der Waals surface area contributed by atoms with Gasteiger partial charge in [-0.05, 0) is 29.4 Å². The monoisotopic (exact) mass is 274 g/mol. The van der Waals surface area contributed by atoms with Crippen LogP contribution in [0.15, 0.2) is 84.1 Å². The van der Waals surface area contributed by atoms with E-state index in [0.29, 0.717) is 11.3 Å². The van der Waals surface area contributed by atoms with E-state index < -0.39 is 0 Å². The van der Waals surface area contributed by atoms with Crippen molar-refractivity contribution in [3.63, 3.8) is 0 Å². The summed E-state index contributed by atoms with van der Waals surface area (Å²) in [5.74, 6) is 0.253. The van der Waals surface area contributed by atoms with Crippen LogP contribution in [0.2, 0.25) is 0 Å². The van der Waals surface area contributed by atoms with Crippen molar-refractivity contribution in [3.05, 3.63) is 95.3 Å². The molecule has 2 aromatic rings. The second-order valence-corrected chi connectivity index (χ2v) is 4.69. The molecule has 0 fully saturated rings. The summed E-state index contributed by atoms with van der Waals surface area (Å²) in [4.78, 5) is 11.8. The number of cyclic esters (lactones) is 1. The van der Waals surface area contributed by atoms with Crippen LogP contribution in [0.25, 0.3) is 12.2 Å². The fourth-order valence-electron chi connectivity index (χ4n) is 2.06. The fourth-order valence-corrected chi connectivity index (χ4v) is 2.06. The van der Waals surface area contributed by atoms with Crippen molar-refractivity contribution >= 4 is 18.1 Å². The molecule has 0 atom stereocenters. The highest BCUT2D eigenvalue weighted by atomic mass is 16.5. The maximum Gasteiger partial charge on any atom is 0.343 e. The Morgan fingerprint density at radius 2 is 1.38 bits per heavy atom. The van der Waals surface area contributed by atoms with E-state index in [0.717, 1.165) is 11.1 Å². The molecule has 1 aliphatic heterocycles. The zero-order valence-corrected chi connectivity index (χ0v) is 11.4. The first kappa shape index (κ1) is 13.1. The number of rotatable bonds is 3. The van der Waals surface area contributed by atoms with Gasteiger partial charge in [0, 0.05) is 0 Å². The van der Waals surface area contributed by atoms with Crippen molar-refractivity contribution < 1.29 is 9.53 Å². The molecule has 0 saturated carbocycles. The summed E-state index contributed by atoms with van der Waals surface area (Å²) in [5.41, 5.74) is 2.61. The molecule has 0 amide bonds. The van der Waals surface area contributed by atoms with Crippen molar-refractivity contribution in [2.75, 3.05) is 0 Å². The largest absolute Gasteiger partial charge is 0.423 e. The van der Waals surface area contributed by atoms with Crippen LogP contribution in [0.3, 0.4) is 0 Å². The van der Waals surface area contributed by atoms with Crippen LogP contribution in [0.4, 0.5) is 0 Å². The van der Waals surface area contributed by atoms with Crippen LogP contribution in [0, 0.1) is 0 Å². The molecule has 2 aromatic carbocycles. The van der Waals surface area contributed by atoms with Gasteiger partial charge in [0.25, 0.3) is 0 Å². The molecule has 0 N–H and O–H groups in total. The molecule has 2 nitrogen and oxygen atoms in total. The van der Waals surface area contributed by atoms with Crippen molar-refractivity contribution in [2.45, 2.75) is 0 Å². The third kappa shape index (κ3) is 3.37. The third-order valence-electron chi connectivity index (χ3n) is 3.11. The van der Waals surface area contributed by atoms with Gasteiger partial charge in [0.2, 0.25) is 0 Å². The summed E-state index contributed by atoms with van der Waals surface area (Å²) in [7, 11) is 0. The van der Waals surface area contributed by atoms with Crippen molar-refractivity contribution in [1.29, 1.82) is 0 Å². The van der Waals surface area contributed by atoms with E-state index >= 15 is 0 Å². The maximum atomic E-state index is 11.8. The van der Waals surface area contributed by atoms with E-state index in [1.54, 1.807) is 12.2 Å². The highest BCUT2D eigenvalue weighted by molar-refractivity contribution is 5.97. The average Bonchev–Trinajstić information content (AvgIpc) is 2.87. The Morgan fingerprint density at radius 1 is 0.762 bits per heavy atom. The van der Waals surface area contributed by atoms with Gasteiger partial charge in [-0.3, -0.25) is 0 Å². The minimum absolute atomic E-state index is 0.315. The molecule has 1 heterocycles. The van der Waals surface area contributed by atoms with E-state index in [-0.39, 0.29) is 5.97 Å². The Kier molecular flexibility index (Phi) is 3.79. The lowest BCUT2D eigenvalue weighted by Crippen LogP contribution is -1.96. The van der Waals surface area contributed by atoms with Gasteiger partial charge in [0.15, 0.2) is 0 Å². The fraction of sp³-hybridized carbons (Fsp3) is 0. The normalized spacial score (nSPS) is 16.3. The van der Waals surface area contributed by atoms with Gasteiger partial charge in [-0.2, -0.15) is 0 Å². The van der Waals surface area contributed by atoms with Crippen LogP contribution in [-0.2, 0) is 9.53 Å². The SMILES string of the molecule is O=C1O/C(=C\c2ccccc2)C=C1/C=C/c1ccccc1. The molecule has 0 bridgehead atoms. The number of carbonyl (C=O) groups excluding carboxylic acids is 1. The number of ether oxygens (including phenoxy) is 1. The molecule has 1 aliphatic rings. The topological polar surface area (TPSA) is 26.3 Å². The van der Waals surface area contributed by atoms with Gasteiger partial charge in [-0.1, -0.05) is 66.7 Å². The molecule has 102 valence electrons. The average molecular weight is 274 g/mol. The van der Waals surface area contributed by atoms with Crippen LogP contribution in [-0.4, -0.2) is 5.97 Å². The summed E-state index contributed by atoms with van der Waals surface area (Å²) in [6.07, 6.45) is 7.29. The quantitative estimate of drug-likeness (QED) is 0.783. The summed E-state index contributed by atoms with van der Waals surface area (Å²) in [5, 5.41) is 0. The number of allylic oxidation sites excluding steroid dienone is 1. The number of esters is 1. The molecule has 0 saturated heterocycles. The van der Waals surface area contributed by atoms with Crippen molar-refractivity contribution in [1.82, 2.24) is 0 Å². The van der Waals surface area contributed by atoms with Gasteiger partial charge < -0.3 is 4.74 Å². The van der Waals surface area contributed by atoms with E-state index in [4.69, 9.17) is 4.74 Å². The van der Waals surface area contributed by atoms with Gasteiger partial charge in [-0.25, -0.2) is 4.79 Å². The number of hydrogen-bond donors (Lipinski definition) is 0. The van der Waals surface area contributed by atoms with E-state index in [9.17, 15) is 4.79 Å². The molecule has 2 heteroatoms. The lowest BCUT2D eigenvalue weighted by atomic mass is 10.1. The van der Waals surface area contributed by atoms with Crippen LogP contribution in [0.5, 0.6) is 0 Å². The molecule has 0 aliphatic carbocycles. The maximum absolute atomic E-state index is 11.8. The first-order valence-corrected chi connectivity index (χ1v) is 6.75. The minimum Gasteiger partial charge on any atom is -0.423 e. The predicted molar refractivity (Wildman–Crippen MR) is 84.1 cm³/mol. The zero-order chi connectivity index (χ0) is 14.5. The molecule has 0 radical (unpaired) electrons. The lowest BCUT2D eigenvalue weighted by Gasteiger charge is -1.96. The molecule has 0 aromatic heterocycles. The first-order valence-electron chi connectivity index (χ1n) is 6.75. The minimum atomic E-state index is -0.315. The standard InChI is InChI=1S/C19H14O2/c20-19-17(12-11-15-7-3-1-4-8-15)14-18(21-19)13-16-9-5-2-6-10-16/h1-14H/b12-11+,18-13-. The van der Waals surface area contributed by atoms with Crippen LogP contribution >= 0.6 is 0 Å². The summed E-state index contributed by atoms with van der Waals surface area (Å²) < 4.78 is 5.24. The number of benzene rings is 2. The van der Waals surface area contributed by atoms with E-state index in [2.05, 4.69) is 0 Å². The molecule has 21 heavy (non-hydrogen) atoms. The Hall–Kier alpha value is -2.87. The van der Waals surface area contributed by atoms with Gasteiger partial charge >= 0.3 is 5.97 Å². The van der Waals surface area contributed by atoms with Gasteiger partial charge in [-0.15, -0.1) is 0 Å². The smallest absolute Gasteiger partial charge is 0.343 e. The second-order valence-electron chi connectivity index (χ2n) is 4.69. The second kappa shape index (κ2) is 6.06. The molecular weight excluding hydrogens is 260 g/mol. The van der Waals surface area contributed by atoms with Crippen molar-refractivity contribution in [2.24, 2.45) is 0 Å². The number of carbonyl (C=O) groups is 1. The summed E-state index contributed by atoms with van der Waals surface area (Å²) in [6, 6.07) is 19.6. The zero-order valence-electron chi connectivity index (χ0n) is 11.4. The summed E-state index contributed by atoms with van der Waals surface area (Å²) >= 11 is 0. The van der Waals surface area contributed by atoms with Gasteiger partial charge in [0.1, 0.15) is 5.76 Å². The molecular formula is C19H14O2. The van der Waals surface area contributed by atoms with Crippen LogP contribution < -0.4 is 0 Å². The molecule has 0 spiro atoms. The van der Waals surface area contributed by atoms with Crippen molar-refractivity contribution in [3.8, 4) is 0 Å². The first-order chi connectivity index (χ1) is 10.3. The van der Waals surface area contributed by atoms with E-state index in [1.807, 2.05) is 72.8 Å².